The smallest absolute Gasteiger partial charge is 0.224 e. The van der Waals surface area contributed by atoms with Crippen molar-refractivity contribution in [3.63, 3.8) is 0 Å². The molecule has 0 radical (unpaired) electrons. The van der Waals surface area contributed by atoms with Gasteiger partial charge in [-0.3, -0.25) is 4.79 Å². The summed E-state index contributed by atoms with van der Waals surface area (Å²) in [5, 5.41) is 2.80. The molecule has 2 aromatic carbocycles. The third-order valence-corrected chi connectivity index (χ3v) is 3.27. The zero-order chi connectivity index (χ0) is 14.4. The predicted molar refractivity (Wildman–Crippen MR) is 80.5 cm³/mol. The number of carbonyl (C=O) groups is 1. The zero-order valence-corrected chi connectivity index (χ0v) is 11.9. The van der Waals surface area contributed by atoms with E-state index in [0.717, 1.165) is 10.5 Å². The van der Waals surface area contributed by atoms with E-state index < -0.39 is 0 Å². The van der Waals surface area contributed by atoms with Crippen molar-refractivity contribution in [1.29, 1.82) is 0 Å². The van der Waals surface area contributed by atoms with Gasteiger partial charge in [-0.15, -0.1) is 12.6 Å². The lowest BCUT2D eigenvalue weighted by molar-refractivity contribution is -0.120. The summed E-state index contributed by atoms with van der Waals surface area (Å²) < 4.78 is 13.4. The Labute approximate surface area is 123 Å². The van der Waals surface area contributed by atoms with Crippen molar-refractivity contribution in [3.05, 3.63) is 65.5 Å². The Morgan fingerprint density at radius 1 is 1.10 bits per heavy atom. The van der Waals surface area contributed by atoms with Gasteiger partial charge in [0.2, 0.25) is 5.91 Å². The molecule has 1 amide bonds. The average Bonchev–Trinajstić information content (AvgIpc) is 2.43. The zero-order valence-electron chi connectivity index (χ0n) is 11.0. The maximum atomic E-state index is 13.4. The third kappa shape index (κ3) is 4.38. The highest BCUT2D eigenvalue weighted by Crippen LogP contribution is 2.08. The molecule has 2 aromatic rings. The van der Waals surface area contributed by atoms with E-state index in [1.807, 2.05) is 24.3 Å². The van der Waals surface area contributed by atoms with Crippen LogP contribution in [0.15, 0.2) is 53.4 Å². The number of rotatable bonds is 5. The molecule has 0 fully saturated rings. The van der Waals surface area contributed by atoms with E-state index in [9.17, 15) is 9.18 Å². The maximum absolute atomic E-state index is 13.4. The molecular weight excluding hydrogens is 273 g/mol. The van der Waals surface area contributed by atoms with Crippen LogP contribution < -0.4 is 5.32 Å². The lowest BCUT2D eigenvalue weighted by Gasteiger charge is -2.06. The second-order valence-electron chi connectivity index (χ2n) is 4.53. The van der Waals surface area contributed by atoms with Crippen LogP contribution in [0.4, 0.5) is 4.39 Å². The number of hydrogen-bond donors (Lipinski definition) is 2. The molecule has 0 bridgehead atoms. The highest BCUT2D eigenvalue weighted by Gasteiger charge is 2.04. The molecule has 0 unspecified atom stereocenters. The van der Waals surface area contributed by atoms with Crippen molar-refractivity contribution in [3.8, 4) is 0 Å². The van der Waals surface area contributed by atoms with E-state index in [1.54, 1.807) is 18.2 Å². The van der Waals surface area contributed by atoms with Crippen LogP contribution in [0.2, 0.25) is 0 Å². The van der Waals surface area contributed by atoms with Crippen molar-refractivity contribution >= 4 is 18.5 Å². The molecule has 4 heteroatoms. The summed E-state index contributed by atoms with van der Waals surface area (Å²) in [7, 11) is 0. The largest absolute Gasteiger partial charge is 0.355 e. The first-order valence-electron chi connectivity index (χ1n) is 6.43. The molecule has 0 aliphatic heterocycles. The van der Waals surface area contributed by atoms with Gasteiger partial charge in [0, 0.05) is 11.4 Å². The van der Waals surface area contributed by atoms with Crippen LogP contribution in [0.25, 0.3) is 0 Å². The first-order chi connectivity index (χ1) is 9.65. The average molecular weight is 289 g/mol. The normalized spacial score (nSPS) is 10.3. The number of carbonyl (C=O) groups excluding carboxylic acids is 1. The molecule has 1 N–H and O–H groups in total. The molecule has 104 valence electrons. The summed E-state index contributed by atoms with van der Waals surface area (Å²) in [5.41, 5.74) is 1.55. The van der Waals surface area contributed by atoms with Crippen LogP contribution >= 0.6 is 12.6 Å². The highest BCUT2D eigenvalue weighted by molar-refractivity contribution is 7.80. The quantitative estimate of drug-likeness (QED) is 0.814. The van der Waals surface area contributed by atoms with Crippen LogP contribution in [0, 0.1) is 5.82 Å². The summed E-state index contributed by atoms with van der Waals surface area (Å²) in [6.45, 7) is 0.435. The van der Waals surface area contributed by atoms with Gasteiger partial charge in [0.25, 0.3) is 0 Å². The molecular formula is C16H16FNOS. The number of hydrogen-bond acceptors (Lipinski definition) is 2. The SMILES string of the molecule is O=C(Cc1ccc(S)cc1)NCCc1ccccc1F. The summed E-state index contributed by atoms with van der Waals surface area (Å²) in [5.74, 6) is -0.292. The molecule has 0 saturated heterocycles. The summed E-state index contributed by atoms with van der Waals surface area (Å²) in [6, 6.07) is 14.1. The Balaban J connectivity index is 1.78. The molecule has 20 heavy (non-hydrogen) atoms. The Bertz CT molecular complexity index is 583. The second kappa shape index (κ2) is 7.10. The summed E-state index contributed by atoms with van der Waals surface area (Å²) in [4.78, 5) is 12.6. The van der Waals surface area contributed by atoms with Crippen molar-refractivity contribution in [2.75, 3.05) is 6.54 Å². The van der Waals surface area contributed by atoms with E-state index in [2.05, 4.69) is 17.9 Å². The van der Waals surface area contributed by atoms with Gasteiger partial charge in [0.05, 0.1) is 6.42 Å². The van der Waals surface area contributed by atoms with E-state index in [1.165, 1.54) is 6.07 Å². The lowest BCUT2D eigenvalue weighted by atomic mass is 10.1. The lowest BCUT2D eigenvalue weighted by Crippen LogP contribution is -2.27. The van der Waals surface area contributed by atoms with Crippen LogP contribution in [0.5, 0.6) is 0 Å². The number of nitrogens with one attached hydrogen (secondary N) is 1. The topological polar surface area (TPSA) is 29.1 Å². The van der Waals surface area contributed by atoms with E-state index >= 15 is 0 Å². The molecule has 2 rings (SSSR count). The molecule has 0 aromatic heterocycles. The number of thiol groups is 1. The Morgan fingerprint density at radius 2 is 1.80 bits per heavy atom. The van der Waals surface area contributed by atoms with E-state index in [-0.39, 0.29) is 11.7 Å². The fourth-order valence-electron chi connectivity index (χ4n) is 1.90. The molecule has 0 heterocycles. The third-order valence-electron chi connectivity index (χ3n) is 2.98. The number of benzene rings is 2. The molecule has 0 aliphatic rings. The molecule has 0 spiro atoms. The fourth-order valence-corrected chi connectivity index (χ4v) is 2.05. The van der Waals surface area contributed by atoms with Crippen molar-refractivity contribution in [2.45, 2.75) is 17.7 Å². The predicted octanol–water partition coefficient (Wildman–Crippen LogP) is 3.02. The Morgan fingerprint density at radius 3 is 2.50 bits per heavy atom. The van der Waals surface area contributed by atoms with Gasteiger partial charge in [0.15, 0.2) is 0 Å². The van der Waals surface area contributed by atoms with Gasteiger partial charge in [-0.1, -0.05) is 30.3 Å². The molecule has 0 saturated carbocycles. The van der Waals surface area contributed by atoms with Crippen LogP contribution in [-0.4, -0.2) is 12.5 Å². The molecule has 2 nitrogen and oxygen atoms in total. The van der Waals surface area contributed by atoms with Gasteiger partial charge < -0.3 is 5.32 Å². The minimum atomic E-state index is -0.230. The fraction of sp³-hybridized carbons (Fsp3) is 0.188. The van der Waals surface area contributed by atoms with Crippen LogP contribution in [-0.2, 0) is 17.6 Å². The van der Waals surface area contributed by atoms with Crippen molar-refractivity contribution < 1.29 is 9.18 Å². The Kier molecular flexibility index (Phi) is 5.18. The minimum Gasteiger partial charge on any atom is -0.355 e. The highest BCUT2D eigenvalue weighted by atomic mass is 32.1. The monoisotopic (exact) mass is 289 g/mol. The first-order valence-corrected chi connectivity index (χ1v) is 6.88. The first kappa shape index (κ1) is 14.6. The van der Waals surface area contributed by atoms with Crippen LogP contribution in [0.1, 0.15) is 11.1 Å². The molecule has 0 atom stereocenters. The van der Waals surface area contributed by atoms with E-state index in [0.29, 0.717) is 24.9 Å². The standard InChI is InChI=1S/C16H16FNOS/c17-15-4-2-1-3-13(15)9-10-18-16(19)11-12-5-7-14(20)8-6-12/h1-8,20H,9-11H2,(H,18,19). The number of amides is 1. The maximum Gasteiger partial charge on any atom is 0.224 e. The van der Waals surface area contributed by atoms with Gasteiger partial charge in [-0.25, -0.2) is 4.39 Å². The number of halogens is 1. The Hall–Kier alpha value is -1.81. The second-order valence-corrected chi connectivity index (χ2v) is 5.05. The minimum absolute atomic E-state index is 0.0618. The van der Waals surface area contributed by atoms with Gasteiger partial charge in [0.1, 0.15) is 5.82 Å². The molecule has 0 aliphatic carbocycles. The van der Waals surface area contributed by atoms with Crippen molar-refractivity contribution in [2.24, 2.45) is 0 Å². The summed E-state index contributed by atoms with van der Waals surface area (Å²) in [6.07, 6.45) is 0.819. The van der Waals surface area contributed by atoms with Crippen molar-refractivity contribution in [1.82, 2.24) is 5.32 Å². The van der Waals surface area contributed by atoms with Gasteiger partial charge >= 0.3 is 0 Å². The van der Waals surface area contributed by atoms with Gasteiger partial charge in [-0.2, -0.15) is 0 Å². The van der Waals surface area contributed by atoms with Crippen LogP contribution in [0.3, 0.4) is 0 Å². The summed E-state index contributed by atoms with van der Waals surface area (Å²) >= 11 is 4.19. The van der Waals surface area contributed by atoms with Gasteiger partial charge in [-0.05, 0) is 35.7 Å². The van der Waals surface area contributed by atoms with E-state index in [4.69, 9.17) is 0 Å².